The van der Waals surface area contributed by atoms with Crippen LogP contribution >= 0.6 is 0 Å². The Balaban J connectivity index is 1.55. The summed E-state index contributed by atoms with van der Waals surface area (Å²) in [7, 11) is 0. The van der Waals surface area contributed by atoms with Gasteiger partial charge in [-0.05, 0) is 24.6 Å². The van der Waals surface area contributed by atoms with Crippen molar-refractivity contribution in [3.05, 3.63) is 59.8 Å². The molecule has 3 rings (SSSR count). The highest BCUT2D eigenvalue weighted by Crippen LogP contribution is 2.12. The largest absolute Gasteiger partial charge is 0.353 e. The van der Waals surface area contributed by atoms with Crippen molar-refractivity contribution in [3.8, 4) is 0 Å². The Morgan fingerprint density at radius 2 is 1.76 bits per heavy atom. The third-order valence-electron chi connectivity index (χ3n) is 3.68. The molecule has 0 amide bonds. The molecule has 0 saturated carbocycles. The second-order valence-electron chi connectivity index (χ2n) is 5.28. The molecule has 0 spiro atoms. The van der Waals surface area contributed by atoms with Crippen molar-refractivity contribution in [1.29, 1.82) is 0 Å². The van der Waals surface area contributed by atoms with Gasteiger partial charge in [0.05, 0.1) is 19.3 Å². The summed E-state index contributed by atoms with van der Waals surface area (Å²) in [6.45, 7) is 5.88. The first-order valence-electron chi connectivity index (χ1n) is 7.33. The minimum absolute atomic E-state index is 0.929. The van der Waals surface area contributed by atoms with Gasteiger partial charge in [0.2, 0.25) is 0 Å². The lowest BCUT2D eigenvalue weighted by molar-refractivity contribution is 0.271. The van der Waals surface area contributed by atoms with Gasteiger partial charge < -0.3 is 4.90 Å². The fraction of sp³-hybridized carbons (Fsp3) is 0.294. The van der Waals surface area contributed by atoms with Gasteiger partial charge in [-0.1, -0.05) is 35.9 Å². The summed E-state index contributed by atoms with van der Waals surface area (Å²) in [5, 5.41) is 6.70. The van der Waals surface area contributed by atoms with E-state index in [1.54, 1.807) is 0 Å². The van der Waals surface area contributed by atoms with Crippen LogP contribution in [0.5, 0.6) is 0 Å². The van der Waals surface area contributed by atoms with Gasteiger partial charge >= 0.3 is 0 Å². The molecule has 4 nitrogen and oxygen atoms in total. The second-order valence-corrected chi connectivity index (χ2v) is 5.28. The fourth-order valence-electron chi connectivity index (χ4n) is 2.38. The molecule has 4 heteroatoms. The van der Waals surface area contributed by atoms with E-state index in [9.17, 15) is 0 Å². The van der Waals surface area contributed by atoms with Crippen LogP contribution in [0.15, 0.2) is 53.8 Å². The Morgan fingerprint density at radius 3 is 2.43 bits per heavy atom. The fourth-order valence-corrected chi connectivity index (χ4v) is 2.38. The number of nitrogens with zero attached hydrogens (tertiary/aromatic N) is 4. The van der Waals surface area contributed by atoms with Gasteiger partial charge in [-0.3, -0.25) is 5.01 Å². The molecule has 0 unspecified atom stereocenters. The highest BCUT2D eigenvalue weighted by Gasteiger charge is 2.15. The molecule has 108 valence electrons. The van der Waals surface area contributed by atoms with Crippen molar-refractivity contribution in [3.63, 3.8) is 0 Å². The summed E-state index contributed by atoms with van der Waals surface area (Å²) in [4.78, 5) is 6.70. The number of aromatic nitrogens is 1. The zero-order valence-electron chi connectivity index (χ0n) is 12.3. The summed E-state index contributed by atoms with van der Waals surface area (Å²) < 4.78 is 0. The van der Waals surface area contributed by atoms with Gasteiger partial charge in [0.25, 0.3) is 0 Å². The maximum atomic E-state index is 4.57. The molecule has 2 aromatic rings. The molecule has 2 heterocycles. The molecule has 0 radical (unpaired) electrons. The maximum absolute atomic E-state index is 4.57. The minimum atomic E-state index is 0.929. The van der Waals surface area contributed by atoms with Crippen molar-refractivity contribution in [2.45, 2.75) is 6.92 Å². The van der Waals surface area contributed by atoms with Gasteiger partial charge in [0.1, 0.15) is 5.82 Å². The molecule has 1 aliphatic heterocycles. The third kappa shape index (κ3) is 3.60. The number of aryl methyl sites for hydroxylation is 1. The zero-order chi connectivity index (χ0) is 14.5. The molecular formula is C17H20N4. The van der Waals surface area contributed by atoms with Crippen molar-refractivity contribution in [1.82, 2.24) is 9.99 Å². The van der Waals surface area contributed by atoms with E-state index in [2.05, 4.69) is 57.2 Å². The molecule has 1 aromatic heterocycles. The van der Waals surface area contributed by atoms with Gasteiger partial charge in [-0.25, -0.2) is 4.98 Å². The van der Waals surface area contributed by atoms with Crippen molar-refractivity contribution in [2.75, 3.05) is 31.1 Å². The van der Waals surface area contributed by atoms with Crippen LogP contribution in [0, 0.1) is 6.92 Å². The standard InChI is InChI=1S/C17H20N4/c1-15-5-7-16(8-6-15)14-19-21-12-10-20(11-13-21)17-4-2-3-9-18-17/h2-9,14H,10-13H2,1H3/b19-14-. The van der Waals surface area contributed by atoms with Crippen LogP contribution in [0.3, 0.4) is 0 Å². The Hall–Kier alpha value is -2.36. The lowest BCUT2D eigenvalue weighted by Crippen LogP contribution is -2.44. The van der Waals surface area contributed by atoms with E-state index in [1.807, 2.05) is 24.5 Å². The normalized spacial score (nSPS) is 15.7. The smallest absolute Gasteiger partial charge is 0.128 e. The van der Waals surface area contributed by atoms with Crippen LogP contribution in [0.2, 0.25) is 0 Å². The van der Waals surface area contributed by atoms with Gasteiger partial charge in [0.15, 0.2) is 0 Å². The van der Waals surface area contributed by atoms with Gasteiger partial charge in [-0.15, -0.1) is 0 Å². The highest BCUT2D eigenvalue weighted by atomic mass is 15.5. The van der Waals surface area contributed by atoms with Crippen molar-refractivity contribution >= 4 is 12.0 Å². The second kappa shape index (κ2) is 6.39. The lowest BCUT2D eigenvalue weighted by atomic mass is 10.2. The van der Waals surface area contributed by atoms with Crippen LogP contribution in [-0.2, 0) is 0 Å². The summed E-state index contributed by atoms with van der Waals surface area (Å²) in [6, 6.07) is 14.5. The number of hydrogen-bond acceptors (Lipinski definition) is 4. The maximum Gasteiger partial charge on any atom is 0.128 e. The van der Waals surface area contributed by atoms with Crippen LogP contribution in [0.1, 0.15) is 11.1 Å². The summed E-state index contributed by atoms with van der Waals surface area (Å²) in [5.41, 5.74) is 2.42. The molecule has 0 bridgehead atoms. The van der Waals surface area contributed by atoms with E-state index in [-0.39, 0.29) is 0 Å². The average molecular weight is 280 g/mol. The molecule has 0 atom stereocenters. The predicted octanol–water partition coefficient (Wildman–Crippen LogP) is 2.55. The van der Waals surface area contributed by atoms with E-state index in [0.29, 0.717) is 0 Å². The third-order valence-corrected chi connectivity index (χ3v) is 3.68. The van der Waals surface area contributed by atoms with Crippen LogP contribution in [0.25, 0.3) is 0 Å². The Morgan fingerprint density at radius 1 is 1.00 bits per heavy atom. The first-order valence-corrected chi connectivity index (χ1v) is 7.33. The van der Waals surface area contributed by atoms with Gasteiger partial charge in [-0.2, -0.15) is 5.10 Å². The summed E-state index contributed by atoms with van der Waals surface area (Å²) in [5.74, 6) is 1.06. The van der Waals surface area contributed by atoms with Crippen LogP contribution in [-0.4, -0.2) is 42.4 Å². The number of hydrogen-bond donors (Lipinski definition) is 0. The number of piperazine rings is 1. The van der Waals surface area contributed by atoms with E-state index < -0.39 is 0 Å². The Kier molecular flexibility index (Phi) is 4.15. The monoisotopic (exact) mass is 280 g/mol. The zero-order valence-corrected chi connectivity index (χ0v) is 12.3. The van der Waals surface area contributed by atoms with E-state index in [4.69, 9.17) is 0 Å². The minimum Gasteiger partial charge on any atom is -0.353 e. The molecule has 0 N–H and O–H groups in total. The number of rotatable bonds is 3. The van der Waals surface area contributed by atoms with Crippen molar-refractivity contribution in [2.24, 2.45) is 5.10 Å². The van der Waals surface area contributed by atoms with E-state index >= 15 is 0 Å². The predicted molar refractivity (Wildman–Crippen MR) is 86.8 cm³/mol. The number of benzene rings is 1. The molecule has 21 heavy (non-hydrogen) atoms. The number of hydrazone groups is 1. The number of anilines is 1. The first kappa shape index (κ1) is 13.6. The van der Waals surface area contributed by atoms with Crippen LogP contribution < -0.4 is 4.90 Å². The highest BCUT2D eigenvalue weighted by molar-refractivity contribution is 5.79. The average Bonchev–Trinajstić information content (AvgIpc) is 2.56. The SMILES string of the molecule is Cc1ccc(/C=N\N2CCN(c3ccccn3)CC2)cc1. The Bertz CT molecular complexity index is 584. The molecule has 1 saturated heterocycles. The van der Waals surface area contributed by atoms with E-state index in [1.165, 1.54) is 5.56 Å². The molecule has 0 aliphatic carbocycles. The summed E-state index contributed by atoms with van der Waals surface area (Å²) >= 11 is 0. The molecular weight excluding hydrogens is 260 g/mol. The molecule has 1 aromatic carbocycles. The number of pyridine rings is 1. The topological polar surface area (TPSA) is 31.7 Å². The van der Waals surface area contributed by atoms with E-state index in [0.717, 1.165) is 37.6 Å². The summed E-state index contributed by atoms with van der Waals surface area (Å²) in [6.07, 6.45) is 3.78. The molecule has 1 aliphatic rings. The van der Waals surface area contributed by atoms with Crippen molar-refractivity contribution < 1.29 is 0 Å². The van der Waals surface area contributed by atoms with Crippen LogP contribution in [0.4, 0.5) is 5.82 Å². The quantitative estimate of drug-likeness (QED) is 0.810. The van der Waals surface area contributed by atoms with Gasteiger partial charge in [0, 0.05) is 19.3 Å². The first-order chi connectivity index (χ1) is 10.3. The Labute approximate surface area is 125 Å². The molecule has 1 fully saturated rings. The lowest BCUT2D eigenvalue weighted by Gasteiger charge is -2.33.